The summed E-state index contributed by atoms with van der Waals surface area (Å²) >= 11 is 0. The quantitative estimate of drug-likeness (QED) is 0.251. The van der Waals surface area contributed by atoms with Crippen molar-refractivity contribution in [3.05, 3.63) is 35.9 Å². The maximum atomic E-state index is 13.2. The van der Waals surface area contributed by atoms with E-state index >= 15 is 0 Å². The molecular weight excluding hydrogens is 593 g/mol. The molecule has 6 rings (SSSR count). The van der Waals surface area contributed by atoms with Gasteiger partial charge in [0.05, 0.1) is 4.90 Å². The second-order valence-electron chi connectivity index (χ2n) is 16.8. The fraction of sp³-hybridized carbons (Fsp3) is 0.769. The largest absolute Gasteiger partial charge is 0.530 e. The van der Waals surface area contributed by atoms with Crippen molar-refractivity contribution >= 4 is 21.8 Å². The van der Waals surface area contributed by atoms with Crippen LogP contribution in [0.25, 0.3) is 0 Å². The number of carbonyl (C=O) groups excluding carboxylic acids is 1. The van der Waals surface area contributed by atoms with Gasteiger partial charge in [-0.1, -0.05) is 72.0 Å². The molecule has 256 valence electrons. The van der Waals surface area contributed by atoms with Gasteiger partial charge in [0.1, 0.15) is 6.09 Å². The highest BCUT2D eigenvalue weighted by molar-refractivity contribution is 7.89. The van der Waals surface area contributed by atoms with Gasteiger partial charge >= 0.3 is 0 Å². The number of allylic oxidation sites excluding steroid dienone is 1. The fourth-order valence-corrected chi connectivity index (χ4v) is 12.9. The standard InChI is InChI=1S/C39H60N2O4S/c1-27(2)10-9-11-28(3)34-18-19-35-33-17-12-29-26-31(20-22-38(29,4)36(33)21-23-39(34,35)5)41(37(42)43)30-13-15-32(16-14-30)46(44,45)40-24-7-6-8-25-40/h12-16,27-28,31,33-36H,6-11,17-26H2,1-5H3,(H,42,43)/p-1/t28-,31?,33+,34-,35+,36+,38+,39-/m1/s1. The van der Waals surface area contributed by atoms with Crippen molar-refractivity contribution < 1.29 is 18.3 Å². The van der Waals surface area contributed by atoms with Crippen LogP contribution in [0.15, 0.2) is 40.8 Å². The Morgan fingerprint density at radius 1 is 0.957 bits per heavy atom. The highest BCUT2D eigenvalue weighted by Gasteiger charge is 2.59. The minimum Gasteiger partial charge on any atom is -0.530 e. The number of piperidine rings is 1. The number of benzene rings is 1. The number of carboxylic acid groups (broad SMARTS) is 1. The van der Waals surface area contributed by atoms with Crippen LogP contribution in [-0.2, 0) is 10.0 Å². The topological polar surface area (TPSA) is 80.8 Å². The number of nitrogens with zero attached hydrogens (tertiary/aromatic N) is 2. The van der Waals surface area contributed by atoms with Gasteiger partial charge in [-0.3, -0.25) is 0 Å². The summed E-state index contributed by atoms with van der Waals surface area (Å²) in [5.74, 6) is 4.66. The number of anilines is 1. The van der Waals surface area contributed by atoms with Gasteiger partial charge in [0.2, 0.25) is 10.0 Å². The Morgan fingerprint density at radius 3 is 2.35 bits per heavy atom. The summed E-state index contributed by atoms with van der Waals surface area (Å²) in [4.78, 5) is 14.3. The van der Waals surface area contributed by atoms with Crippen molar-refractivity contribution in [2.75, 3.05) is 18.0 Å². The molecular formula is C39H59N2O4S-. The lowest BCUT2D eigenvalue weighted by Gasteiger charge is -2.59. The molecule has 46 heavy (non-hydrogen) atoms. The molecule has 1 unspecified atom stereocenters. The maximum absolute atomic E-state index is 13.2. The molecule has 1 aromatic rings. The first kappa shape index (κ1) is 34.0. The second-order valence-corrected chi connectivity index (χ2v) is 18.7. The molecule has 1 heterocycles. The van der Waals surface area contributed by atoms with Crippen molar-refractivity contribution in [3.8, 4) is 0 Å². The molecule has 4 aliphatic carbocycles. The van der Waals surface area contributed by atoms with Crippen LogP contribution in [0.4, 0.5) is 10.5 Å². The van der Waals surface area contributed by atoms with Gasteiger partial charge in [-0.15, -0.1) is 0 Å². The highest BCUT2D eigenvalue weighted by Crippen LogP contribution is 2.67. The van der Waals surface area contributed by atoms with Gasteiger partial charge in [0.25, 0.3) is 0 Å². The first-order valence-electron chi connectivity index (χ1n) is 18.7. The number of sulfonamides is 1. The predicted octanol–water partition coefficient (Wildman–Crippen LogP) is 8.42. The van der Waals surface area contributed by atoms with E-state index < -0.39 is 16.1 Å². The van der Waals surface area contributed by atoms with E-state index in [1.807, 2.05) is 0 Å². The van der Waals surface area contributed by atoms with E-state index in [0.717, 1.165) is 74.5 Å². The first-order chi connectivity index (χ1) is 21.9. The van der Waals surface area contributed by atoms with E-state index in [1.54, 1.807) is 28.6 Å². The number of hydrogen-bond donors (Lipinski definition) is 0. The first-order valence-corrected chi connectivity index (χ1v) is 20.1. The Labute approximate surface area is 279 Å². The van der Waals surface area contributed by atoms with Gasteiger partial charge in [-0.2, -0.15) is 4.31 Å². The molecule has 5 aliphatic rings. The van der Waals surface area contributed by atoms with Crippen LogP contribution in [0.3, 0.4) is 0 Å². The molecule has 0 N–H and O–H groups in total. The molecule has 1 saturated heterocycles. The van der Waals surface area contributed by atoms with Gasteiger partial charge < -0.3 is 14.8 Å². The number of hydrogen-bond acceptors (Lipinski definition) is 4. The summed E-state index contributed by atoms with van der Waals surface area (Å²) in [6, 6.07) is 6.28. The van der Waals surface area contributed by atoms with Crippen molar-refractivity contribution in [1.29, 1.82) is 0 Å². The van der Waals surface area contributed by atoms with Crippen LogP contribution in [0, 0.1) is 46.3 Å². The van der Waals surface area contributed by atoms with Gasteiger partial charge in [-0.25, -0.2) is 8.42 Å². The minimum atomic E-state index is -3.57. The molecule has 1 amide bonds. The van der Waals surface area contributed by atoms with Crippen LogP contribution in [0.2, 0.25) is 0 Å². The van der Waals surface area contributed by atoms with E-state index in [9.17, 15) is 18.3 Å². The normalized spacial score (nSPS) is 35.5. The Kier molecular flexibility index (Phi) is 9.77. The molecule has 1 aromatic carbocycles. The maximum Gasteiger partial charge on any atom is 0.243 e. The lowest BCUT2D eigenvalue weighted by molar-refractivity contribution is -0.247. The number of carbonyl (C=O) groups is 1. The van der Waals surface area contributed by atoms with Crippen LogP contribution in [-0.4, -0.2) is 37.9 Å². The molecule has 0 radical (unpaired) electrons. The third-order valence-corrected chi connectivity index (χ3v) is 15.8. The van der Waals surface area contributed by atoms with E-state index in [1.165, 1.54) is 55.4 Å². The molecule has 1 aliphatic heterocycles. The van der Waals surface area contributed by atoms with Gasteiger partial charge in [0.15, 0.2) is 0 Å². The van der Waals surface area contributed by atoms with Crippen LogP contribution >= 0.6 is 0 Å². The third kappa shape index (κ3) is 6.10. The van der Waals surface area contributed by atoms with E-state index in [4.69, 9.17) is 0 Å². The smallest absolute Gasteiger partial charge is 0.243 e. The van der Waals surface area contributed by atoms with Crippen molar-refractivity contribution in [2.45, 2.75) is 135 Å². The summed E-state index contributed by atoms with van der Waals surface area (Å²) in [7, 11) is -3.57. The highest BCUT2D eigenvalue weighted by atomic mass is 32.2. The average molecular weight is 652 g/mol. The predicted molar refractivity (Wildman–Crippen MR) is 184 cm³/mol. The van der Waals surface area contributed by atoms with Crippen molar-refractivity contribution in [2.24, 2.45) is 46.3 Å². The monoisotopic (exact) mass is 651 g/mol. The molecule has 0 spiro atoms. The Bertz CT molecular complexity index is 1380. The van der Waals surface area contributed by atoms with E-state index in [2.05, 4.69) is 40.7 Å². The second kappa shape index (κ2) is 13.2. The summed E-state index contributed by atoms with van der Waals surface area (Å²) < 4.78 is 27.9. The molecule has 0 bridgehead atoms. The van der Waals surface area contributed by atoms with E-state index in [0.29, 0.717) is 30.1 Å². The molecule has 0 aromatic heterocycles. The lowest BCUT2D eigenvalue weighted by atomic mass is 9.46. The summed E-state index contributed by atoms with van der Waals surface area (Å²) in [6.45, 7) is 13.4. The van der Waals surface area contributed by atoms with Gasteiger partial charge in [0, 0.05) is 24.8 Å². The third-order valence-electron chi connectivity index (χ3n) is 13.9. The summed E-state index contributed by atoms with van der Waals surface area (Å²) in [5.41, 5.74) is 2.54. The zero-order chi connectivity index (χ0) is 32.9. The Morgan fingerprint density at radius 2 is 1.67 bits per heavy atom. The van der Waals surface area contributed by atoms with Crippen molar-refractivity contribution in [1.82, 2.24) is 4.31 Å². The number of rotatable bonds is 9. The molecule has 7 heteroatoms. The van der Waals surface area contributed by atoms with Crippen LogP contribution < -0.4 is 10.0 Å². The van der Waals surface area contributed by atoms with Crippen LogP contribution in [0.1, 0.15) is 125 Å². The fourth-order valence-electron chi connectivity index (χ4n) is 11.4. The number of amides is 1. The summed E-state index contributed by atoms with van der Waals surface area (Å²) in [5, 5.41) is 12.6. The molecule has 3 saturated carbocycles. The zero-order valence-corrected chi connectivity index (χ0v) is 30.0. The zero-order valence-electron chi connectivity index (χ0n) is 29.2. The minimum absolute atomic E-state index is 0.131. The van der Waals surface area contributed by atoms with Crippen molar-refractivity contribution in [3.63, 3.8) is 0 Å². The lowest BCUT2D eigenvalue weighted by Crippen LogP contribution is -2.54. The summed E-state index contributed by atoms with van der Waals surface area (Å²) in [6.07, 6.45) is 17.3. The molecule has 4 fully saturated rings. The van der Waals surface area contributed by atoms with Gasteiger partial charge in [-0.05, 0) is 135 Å². The number of fused-ring (bicyclic) bond motifs is 5. The Balaban J connectivity index is 1.16. The molecule has 8 atom stereocenters. The van der Waals surface area contributed by atoms with Crippen LogP contribution in [0.5, 0.6) is 0 Å². The Hall–Kier alpha value is -1.86. The van der Waals surface area contributed by atoms with E-state index in [-0.39, 0.29) is 16.4 Å². The molecule has 6 nitrogen and oxygen atoms in total. The average Bonchev–Trinajstić information content (AvgIpc) is 3.39. The SMILES string of the molecule is CC(C)CCC[C@@H](C)[C@H]1CC[C@H]2[C@@H]3CC=C4CC(N(C(=O)[O-])c5ccc(S(=O)(=O)N6CCCCC6)cc5)CC[C@]4(C)[C@H]3CC[C@]12C.